The van der Waals surface area contributed by atoms with Gasteiger partial charge in [0.2, 0.25) is 5.91 Å². The molecule has 0 fully saturated rings. The normalized spacial score (nSPS) is 12.3. The van der Waals surface area contributed by atoms with Crippen molar-refractivity contribution in [2.75, 3.05) is 12.4 Å². The van der Waals surface area contributed by atoms with Crippen molar-refractivity contribution in [2.45, 2.75) is 26.8 Å². The maximum atomic E-state index is 11.7. The van der Waals surface area contributed by atoms with Crippen LogP contribution in [0.15, 0.2) is 18.2 Å². The van der Waals surface area contributed by atoms with Gasteiger partial charge in [-0.2, -0.15) is 0 Å². The molecule has 1 rings (SSSR count). The van der Waals surface area contributed by atoms with E-state index in [0.717, 1.165) is 16.8 Å². The average Bonchev–Trinajstić information content (AvgIpc) is 2.22. The molecule has 1 amide bonds. The molecule has 0 saturated heterocycles. The van der Waals surface area contributed by atoms with Crippen LogP contribution in [0.1, 0.15) is 18.1 Å². The molecule has 0 aliphatic heterocycles. The van der Waals surface area contributed by atoms with Crippen molar-refractivity contribution in [2.24, 2.45) is 0 Å². The zero-order chi connectivity index (χ0) is 11.4. The molecule has 0 aromatic heterocycles. The Kier molecular flexibility index (Phi) is 3.86. The van der Waals surface area contributed by atoms with Gasteiger partial charge in [-0.3, -0.25) is 4.79 Å². The molecular weight excluding hydrogens is 188 g/mol. The van der Waals surface area contributed by atoms with E-state index >= 15 is 0 Å². The number of aryl methyl sites for hydroxylation is 2. The molecule has 1 aromatic rings. The Labute approximate surface area is 90.9 Å². The van der Waals surface area contributed by atoms with Crippen LogP contribution in [-0.4, -0.2) is 19.0 Å². The lowest BCUT2D eigenvalue weighted by molar-refractivity contribution is -0.117. The molecule has 3 nitrogen and oxygen atoms in total. The summed E-state index contributed by atoms with van der Waals surface area (Å²) in [4.78, 5) is 11.7. The number of hydrogen-bond donors (Lipinski definition) is 2. The fraction of sp³-hybridized carbons (Fsp3) is 0.417. The number of para-hydroxylation sites is 1. The number of carbonyl (C=O) groups excluding carboxylic acids is 1. The number of likely N-dealkylation sites (N-methyl/N-ethyl adjacent to an activating group) is 1. The van der Waals surface area contributed by atoms with E-state index in [1.807, 2.05) is 39.0 Å². The first-order valence-corrected chi connectivity index (χ1v) is 5.10. The molecule has 0 heterocycles. The van der Waals surface area contributed by atoms with Gasteiger partial charge in [-0.25, -0.2) is 0 Å². The molecule has 1 unspecified atom stereocenters. The minimum atomic E-state index is -0.177. The fourth-order valence-electron chi connectivity index (χ4n) is 1.37. The molecule has 0 saturated carbocycles. The SMILES string of the molecule is CNC(C)C(=O)Nc1c(C)cccc1C. The summed E-state index contributed by atoms with van der Waals surface area (Å²) in [6, 6.07) is 5.80. The quantitative estimate of drug-likeness (QED) is 0.792. The number of carbonyl (C=O) groups is 1. The average molecular weight is 206 g/mol. The summed E-state index contributed by atoms with van der Waals surface area (Å²) >= 11 is 0. The van der Waals surface area contributed by atoms with E-state index in [-0.39, 0.29) is 11.9 Å². The monoisotopic (exact) mass is 206 g/mol. The molecule has 82 valence electrons. The largest absolute Gasteiger partial charge is 0.324 e. The second kappa shape index (κ2) is 4.94. The molecule has 2 N–H and O–H groups in total. The van der Waals surface area contributed by atoms with Crippen molar-refractivity contribution in [3.05, 3.63) is 29.3 Å². The van der Waals surface area contributed by atoms with Crippen molar-refractivity contribution >= 4 is 11.6 Å². The number of nitrogens with one attached hydrogen (secondary N) is 2. The van der Waals surface area contributed by atoms with Gasteiger partial charge in [0, 0.05) is 5.69 Å². The maximum absolute atomic E-state index is 11.7. The molecule has 3 heteroatoms. The predicted octanol–water partition coefficient (Wildman–Crippen LogP) is 1.85. The first kappa shape index (κ1) is 11.7. The summed E-state index contributed by atoms with van der Waals surface area (Å²) in [5.74, 6) is -0.00472. The van der Waals surface area contributed by atoms with Crippen LogP contribution in [0.3, 0.4) is 0 Å². The highest BCUT2D eigenvalue weighted by molar-refractivity contribution is 5.95. The molecule has 1 atom stereocenters. The Morgan fingerprint density at radius 1 is 1.27 bits per heavy atom. The standard InChI is InChI=1S/C12H18N2O/c1-8-6-5-7-9(2)11(8)14-12(15)10(3)13-4/h5-7,10,13H,1-4H3,(H,14,15). The lowest BCUT2D eigenvalue weighted by Gasteiger charge is -2.14. The first-order chi connectivity index (χ1) is 7.06. The van der Waals surface area contributed by atoms with Gasteiger partial charge < -0.3 is 10.6 Å². The molecule has 1 aromatic carbocycles. The van der Waals surface area contributed by atoms with Gasteiger partial charge in [0.1, 0.15) is 0 Å². The van der Waals surface area contributed by atoms with Crippen LogP contribution in [0.5, 0.6) is 0 Å². The number of amides is 1. The van der Waals surface area contributed by atoms with Crippen molar-refractivity contribution in [1.29, 1.82) is 0 Å². The molecule has 0 spiro atoms. The van der Waals surface area contributed by atoms with Gasteiger partial charge in [0.15, 0.2) is 0 Å². The Balaban J connectivity index is 2.85. The van der Waals surface area contributed by atoms with E-state index in [0.29, 0.717) is 0 Å². The van der Waals surface area contributed by atoms with E-state index in [4.69, 9.17) is 0 Å². The van der Waals surface area contributed by atoms with Crippen LogP contribution in [0.2, 0.25) is 0 Å². The van der Waals surface area contributed by atoms with E-state index in [1.54, 1.807) is 7.05 Å². The lowest BCUT2D eigenvalue weighted by atomic mass is 10.1. The minimum Gasteiger partial charge on any atom is -0.324 e. The van der Waals surface area contributed by atoms with Crippen LogP contribution in [0.25, 0.3) is 0 Å². The van der Waals surface area contributed by atoms with Crippen LogP contribution in [-0.2, 0) is 4.79 Å². The zero-order valence-electron chi connectivity index (χ0n) is 9.72. The second-order valence-electron chi connectivity index (χ2n) is 3.77. The van der Waals surface area contributed by atoms with Crippen molar-refractivity contribution in [3.63, 3.8) is 0 Å². The predicted molar refractivity (Wildman–Crippen MR) is 63.1 cm³/mol. The fourth-order valence-corrected chi connectivity index (χ4v) is 1.37. The van der Waals surface area contributed by atoms with E-state index in [1.165, 1.54) is 0 Å². The van der Waals surface area contributed by atoms with Crippen molar-refractivity contribution < 1.29 is 4.79 Å². The third kappa shape index (κ3) is 2.80. The smallest absolute Gasteiger partial charge is 0.241 e. The molecule has 0 radical (unpaired) electrons. The van der Waals surface area contributed by atoms with Gasteiger partial charge in [-0.1, -0.05) is 18.2 Å². The third-order valence-corrected chi connectivity index (χ3v) is 2.56. The van der Waals surface area contributed by atoms with Gasteiger partial charge in [-0.15, -0.1) is 0 Å². The summed E-state index contributed by atoms with van der Waals surface area (Å²) in [6.45, 7) is 5.82. The van der Waals surface area contributed by atoms with Crippen molar-refractivity contribution in [1.82, 2.24) is 5.32 Å². The topological polar surface area (TPSA) is 41.1 Å². The Hall–Kier alpha value is -1.35. The van der Waals surface area contributed by atoms with Gasteiger partial charge in [0.25, 0.3) is 0 Å². The summed E-state index contributed by atoms with van der Waals surface area (Å²) in [7, 11) is 1.77. The van der Waals surface area contributed by atoms with Gasteiger partial charge in [0.05, 0.1) is 6.04 Å². The van der Waals surface area contributed by atoms with E-state index in [2.05, 4.69) is 10.6 Å². The Morgan fingerprint density at radius 3 is 2.27 bits per heavy atom. The second-order valence-corrected chi connectivity index (χ2v) is 3.77. The number of rotatable bonds is 3. The van der Waals surface area contributed by atoms with E-state index in [9.17, 15) is 4.79 Å². The molecule has 0 aliphatic carbocycles. The Bertz CT molecular complexity index is 340. The summed E-state index contributed by atoms with van der Waals surface area (Å²) < 4.78 is 0. The highest BCUT2D eigenvalue weighted by Crippen LogP contribution is 2.19. The van der Waals surface area contributed by atoms with Crippen LogP contribution in [0.4, 0.5) is 5.69 Å². The highest BCUT2D eigenvalue weighted by atomic mass is 16.2. The summed E-state index contributed by atoms with van der Waals surface area (Å²) in [6.07, 6.45) is 0. The number of benzene rings is 1. The van der Waals surface area contributed by atoms with Crippen LogP contribution < -0.4 is 10.6 Å². The number of hydrogen-bond acceptors (Lipinski definition) is 2. The first-order valence-electron chi connectivity index (χ1n) is 5.10. The van der Waals surface area contributed by atoms with Crippen LogP contribution in [0, 0.1) is 13.8 Å². The Morgan fingerprint density at radius 2 is 1.80 bits per heavy atom. The summed E-state index contributed by atoms with van der Waals surface area (Å²) in [5.41, 5.74) is 3.10. The molecular formula is C12H18N2O. The summed E-state index contributed by atoms with van der Waals surface area (Å²) in [5, 5.41) is 5.84. The van der Waals surface area contributed by atoms with Gasteiger partial charge >= 0.3 is 0 Å². The van der Waals surface area contributed by atoms with Crippen LogP contribution >= 0.6 is 0 Å². The maximum Gasteiger partial charge on any atom is 0.241 e. The number of anilines is 1. The van der Waals surface area contributed by atoms with Crippen molar-refractivity contribution in [3.8, 4) is 0 Å². The molecule has 0 aliphatic rings. The van der Waals surface area contributed by atoms with Gasteiger partial charge in [-0.05, 0) is 38.9 Å². The zero-order valence-corrected chi connectivity index (χ0v) is 9.72. The van der Waals surface area contributed by atoms with E-state index < -0.39 is 0 Å². The third-order valence-electron chi connectivity index (χ3n) is 2.56. The minimum absolute atomic E-state index is 0.00472. The highest BCUT2D eigenvalue weighted by Gasteiger charge is 2.12. The lowest BCUT2D eigenvalue weighted by Crippen LogP contribution is -2.35. The molecule has 0 bridgehead atoms. The molecule has 15 heavy (non-hydrogen) atoms.